The Balaban J connectivity index is 1.46. The van der Waals surface area contributed by atoms with Crippen LogP contribution in [0.25, 0.3) is 0 Å². The molecule has 0 saturated heterocycles. The van der Waals surface area contributed by atoms with Crippen LogP contribution in [0.1, 0.15) is 61.7 Å². The molecule has 0 N–H and O–H groups in total. The van der Waals surface area contributed by atoms with Gasteiger partial charge < -0.3 is 4.57 Å². The van der Waals surface area contributed by atoms with Gasteiger partial charge in [-0.25, -0.2) is 0 Å². The summed E-state index contributed by atoms with van der Waals surface area (Å²) in [5.74, 6) is 3.28. The molecule has 4 rings (SSSR count). The molecular weight excluding hydrogens is 310 g/mol. The lowest BCUT2D eigenvalue weighted by molar-refractivity contribution is 0.390. The number of nitrogens with zero attached hydrogens (tertiary/aromatic N) is 3. The Morgan fingerprint density at radius 1 is 1.14 bits per heavy atom. The lowest BCUT2D eigenvalue weighted by Crippen LogP contribution is -2.10. The van der Waals surface area contributed by atoms with E-state index in [0.717, 1.165) is 18.2 Å². The van der Waals surface area contributed by atoms with Gasteiger partial charge in [-0.15, -0.1) is 21.5 Å². The third-order valence-corrected chi connectivity index (χ3v) is 6.78. The van der Waals surface area contributed by atoms with Crippen molar-refractivity contribution in [3.8, 4) is 0 Å². The van der Waals surface area contributed by atoms with Crippen molar-refractivity contribution in [3.63, 3.8) is 0 Å². The maximum Gasteiger partial charge on any atom is 0.191 e. The number of hydrogen-bond donors (Lipinski definition) is 0. The molecule has 2 aliphatic carbocycles. The maximum absolute atomic E-state index is 4.52. The van der Waals surface area contributed by atoms with Gasteiger partial charge in [0.2, 0.25) is 0 Å². The van der Waals surface area contributed by atoms with Gasteiger partial charge in [-0.2, -0.15) is 0 Å². The number of hydrogen-bond acceptors (Lipinski definition) is 4. The molecule has 22 heavy (non-hydrogen) atoms. The van der Waals surface area contributed by atoms with Crippen molar-refractivity contribution in [2.75, 3.05) is 5.75 Å². The van der Waals surface area contributed by atoms with Crippen molar-refractivity contribution in [3.05, 3.63) is 28.2 Å². The summed E-state index contributed by atoms with van der Waals surface area (Å²) in [6.07, 6.45) is 10.6. The minimum Gasteiger partial charge on any atom is -0.303 e. The summed E-state index contributed by atoms with van der Waals surface area (Å²) in [6, 6.07) is 4.99. The van der Waals surface area contributed by atoms with Crippen LogP contribution in [0.3, 0.4) is 0 Å². The molecule has 2 aliphatic rings. The van der Waals surface area contributed by atoms with Crippen LogP contribution in [0.5, 0.6) is 0 Å². The van der Waals surface area contributed by atoms with E-state index in [9.17, 15) is 0 Å². The zero-order chi connectivity index (χ0) is 14.8. The van der Waals surface area contributed by atoms with E-state index in [0.29, 0.717) is 6.04 Å². The molecule has 0 bridgehead atoms. The first kappa shape index (κ1) is 14.8. The van der Waals surface area contributed by atoms with Crippen molar-refractivity contribution in [2.45, 2.75) is 62.6 Å². The fourth-order valence-electron chi connectivity index (χ4n) is 3.34. The summed E-state index contributed by atoms with van der Waals surface area (Å²) < 4.78 is 2.44. The van der Waals surface area contributed by atoms with Crippen LogP contribution >= 0.6 is 23.1 Å². The molecular formula is C17H23N3S2. The first-order chi connectivity index (χ1) is 10.9. The summed E-state index contributed by atoms with van der Waals surface area (Å²) in [4.78, 5) is 1.39. The maximum atomic E-state index is 4.52. The summed E-state index contributed by atoms with van der Waals surface area (Å²) in [7, 11) is 0. The summed E-state index contributed by atoms with van der Waals surface area (Å²) in [5.41, 5.74) is 0. The molecule has 0 atom stereocenters. The standard InChI is InChI=1S/C17H23N3S2/c1-2-5-13(6-3-1)12-22-17-19-18-16(20(17)14-8-9-14)11-15-7-4-10-21-15/h4,7,10,13-14H,1-3,5-6,8-9,11-12H2. The Bertz CT molecular complexity index is 595. The highest BCUT2D eigenvalue weighted by Crippen LogP contribution is 2.40. The Morgan fingerprint density at radius 2 is 2.00 bits per heavy atom. The topological polar surface area (TPSA) is 30.7 Å². The van der Waals surface area contributed by atoms with Crippen LogP contribution in [0.15, 0.2) is 22.7 Å². The van der Waals surface area contributed by atoms with Gasteiger partial charge in [-0.1, -0.05) is 37.1 Å². The highest BCUT2D eigenvalue weighted by molar-refractivity contribution is 7.99. The van der Waals surface area contributed by atoms with E-state index in [-0.39, 0.29) is 0 Å². The molecule has 2 aromatic rings. The fraction of sp³-hybridized carbons (Fsp3) is 0.647. The molecule has 0 aliphatic heterocycles. The van der Waals surface area contributed by atoms with Gasteiger partial charge in [0, 0.05) is 23.1 Å². The largest absolute Gasteiger partial charge is 0.303 e. The summed E-state index contributed by atoms with van der Waals surface area (Å²) in [6.45, 7) is 0. The third kappa shape index (κ3) is 3.40. The third-order valence-electron chi connectivity index (χ3n) is 4.73. The highest BCUT2D eigenvalue weighted by Gasteiger charge is 2.30. The second kappa shape index (κ2) is 6.75. The van der Waals surface area contributed by atoms with Crippen LogP contribution < -0.4 is 0 Å². The molecule has 5 heteroatoms. The van der Waals surface area contributed by atoms with E-state index < -0.39 is 0 Å². The van der Waals surface area contributed by atoms with E-state index in [1.165, 1.54) is 60.7 Å². The molecule has 2 heterocycles. The SMILES string of the molecule is c1csc(Cc2nnc(SCC3CCCCC3)n2C2CC2)c1. The fourth-order valence-corrected chi connectivity index (χ4v) is 5.25. The van der Waals surface area contributed by atoms with E-state index in [4.69, 9.17) is 0 Å². The van der Waals surface area contributed by atoms with Gasteiger partial charge in [0.25, 0.3) is 0 Å². The summed E-state index contributed by atoms with van der Waals surface area (Å²) >= 11 is 3.76. The van der Waals surface area contributed by atoms with Crippen molar-refractivity contribution >= 4 is 23.1 Å². The quantitative estimate of drug-likeness (QED) is 0.702. The van der Waals surface area contributed by atoms with Crippen LogP contribution in [0.2, 0.25) is 0 Å². The Morgan fingerprint density at radius 3 is 2.73 bits per heavy atom. The predicted octanol–water partition coefficient (Wildman–Crippen LogP) is 4.94. The zero-order valence-corrected chi connectivity index (χ0v) is 14.5. The molecule has 0 aromatic carbocycles. The minimum atomic E-state index is 0.666. The lowest BCUT2D eigenvalue weighted by Gasteiger charge is -2.20. The lowest BCUT2D eigenvalue weighted by atomic mass is 9.91. The van der Waals surface area contributed by atoms with Crippen molar-refractivity contribution < 1.29 is 0 Å². The smallest absolute Gasteiger partial charge is 0.191 e. The number of aromatic nitrogens is 3. The van der Waals surface area contributed by atoms with Gasteiger partial charge in [0.1, 0.15) is 5.82 Å². The molecule has 0 unspecified atom stereocenters. The average molecular weight is 334 g/mol. The van der Waals surface area contributed by atoms with Crippen molar-refractivity contribution in [2.24, 2.45) is 5.92 Å². The van der Waals surface area contributed by atoms with Crippen molar-refractivity contribution in [1.82, 2.24) is 14.8 Å². The Hall–Kier alpha value is -0.810. The van der Waals surface area contributed by atoms with E-state index in [1.54, 1.807) is 0 Å². The van der Waals surface area contributed by atoms with Gasteiger partial charge in [0.05, 0.1) is 0 Å². The van der Waals surface area contributed by atoms with Gasteiger partial charge in [0.15, 0.2) is 5.16 Å². The van der Waals surface area contributed by atoms with Gasteiger partial charge in [-0.3, -0.25) is 0 Å². The van der Waals surface area contributed by atoms with E-state index in [1.807, 2.05) is 23.1 Å². The molecule has 0 spiro atoms. The normalized spacial score (nSPS) is 19.6. The zero-order valence-electron chi connectivity index (χ0n) is 12.9. The number of thiophene rings is 1. The number of rotatable bonds is 6. The van der Waals surface area contributed by atoms with Crippen LogP contribution in [-0.4, -0.2) is 20.5 Å². The molecule has 118 valence electrons. The van der Waals surface area contributed by atoms with E-state index >= 15 is 0 Å². The molecule has 0 radical (unpaired) electrons. The molecule has 2 fully saturated rings. The first-order valence-corrected chi connectivity index (χ1v) is 10.4. The van der Waals surface area contributed by atoms with Crippen LogP contribution in [0.4, 0.5) is 0 Å². The average Bonchev–Trinajstić information content (AvgIpc) is 3.11. The highest BCUT2D eigenvalue weighted by atomic mass is 32.2. The van der Waals surface area contributed by atoms with Crippen LogP contribution in [-0.2, 0) is 6.42 Å². The predicted molar refractivity (Wildman–Crippen MR) is 92.7 cm³/mol. The molecule has 2 saturated carbocycles. The molecule has 0 amide bonds. The summed E-state index contributed by atoms with van der Waals surface area (Å²) in [5, 5.41) is 12.3. The molecule has 3 nitrogen and oxygen atoms in total. The Kier molecular flexibility index (Phi) is 4.53. The van der Waals surface area contributed by atoms with Crippen LogP contribution in [0, 0.1) is 5.92 Å². The monoisotopic (exact) mass is 333 g/mol. The second-order valence-electron chi connectivity index (χ2n) is 6.57. The second-order valence-corrected chi connectivity index (χ2v) is 8.59. The molecule has 2 aromatic heterocycles. The van der Waals surface area contributed by atoms with Gasteiger partial charge in [-0.05, 0) is 43.0 Å². The van der Waals surface area contributed by atoms with Crippen molar-refractivity contribution in [1.29, 1.82) is 0 Å². The first-order valence-electron chi connectivity index (χ1n) is 8.49. The van der Waals surface area contributed by atoms with E-state index in [2.05, 4.69) is 32.3 Å². The minimum absolute atomic E-state index is 0.666. The Labute approximate surface area is 140 Å². The number of thioether (sulfide) groups is 1. The van der Waals surface area contributed by atoms with Gasteiger partial charge >= 0.3 is 0 Å².